The average Bonchev–Trinajstić information content (AvgIpc) is 2.44. The first kappa shape index (κ1) is 13.7. The van der Waals surface area contributed by atoms with Gasteiger partial charge in [0.2, 0.25) is 0 Å². The molecular formula is C15H18ClNO3. The SMILES string of the molecule is COc1ccc(C(=O)N2CCOCC23CCC3)cc1Cl. The van der Waals surface area contributed by atoms with Crippen LogP contribution in [0.3, 0.4) is 0 Å². The molecule has 2 fully saturated rings. The van der Waals surface area contributed by atoms with Crippen LogP contribution in [0.15, 0.2) is 18.2 Å². The summed E-state index contributed by atoms with van der Waals surface area (Å²) in [5.41, 5.74) is 0.533. The Hall–Kier alpha value is -1.26. The number of nitrogens with zero attached hydrogens (tertiary/aromatic N) is 1. The van der Waals surface area contributed by atoms with Crippen LogP contribution in [0.4, 0.5) is 0 Å². The molecule has 1 aliphatic heterocycles. The summed E-state index contributed by atoms with van der Waals surface area (Å²) in [6.45, 7) is 1.92. The first-order valence-electron chi connectivity index (χ1n) is 6.89. The van der Waals surface area contributed by atoms with Crippen LogP contribution in [0.1, 0.15) is 29.6 Å². The van der Waals surface area contributed by atoms with Crippen LogP contribution in [0.25, 0.3) is 0 Å². The molecule has 1 spiro atoms. The van der Waals surface area contributed by atoms with Gasteiger partial charge >= 0.3 is 0 Å². The lowest BCUT2D eigenvalue weighted by atomic mass is 9.75. The third-order valence-corrected chi connectivity index (χ3v) is 4.63. The van der Waals surface area contributed by atoms with E-state index in [9.17, 15) is 4.79 Å². The van der Waals surface area contributed by atoms with E-state index in [-0.39, 0.29) is 11.4 Å². The van der Waals surface area contributed by atoms with Crippen LogP contribution >= 0.6 is 11.6 Å². The summed E-state index contributed by atoms with van der Waals surface area (Å²) in [6.07, 6.45) is 3.22. The quantitative estimate of drug-likeness (QED) is 0.842. The molecule has 3 rings (SSSR count). The molecule has 20 heavy (non-hydrogen) atoms. The first-order valence-corrected chi connectivity index (χ1v) is 7.27. The molecule has 2 aliphatic rings. The number of rotatable bonds is 2. The third-order valence-electron chi connectivity index (χ3n) is 4.33. The maximum absolute atomic E-state index is 12.7. The summed E-state index contributed by atoms with van der Waals surface area (Å²) in [5.74, 6) is 0.626. The maximum Gasteiger partial charge on any atom is 0.254 e. The smallest absolute Gasteiger partial charge is 0.254 e. The van der Waals surface area contributed by atoms with E-state index in [1.807, 2.05) is 4.90 Å². The van der Waals surface area contributed by atoms with E-state index in [0.29, 0.717) is 36.1 Å². The van der Waals surface area contributed by atoms with Crippen LogP contribution in [0.5, 0.6) is 5.75 Å². The molecule has 1 aliphatic carbocycles. The fourth-order valence-corrected chi connectivity index (χ4v) is 3.26. The largest absolute Gasteiger partial charge is 0.495 e. The number of halogens is 1. The predicted octanol–water partition coefficient (Wildman–Crippen LogP) is 2.74. The summed E-state index contributed by atoms with van der Waals surface area (Å²) in [7, 11) is 1.56. The molecule has 0 atom stereocenters. The Bertz CT molecular complexity index is 528. The fourth-order valence-electron chi connectivity index (χ4n) is 3.00. The predicted molar refractivity (Wildman–Crippen MR) is 76.4 cm³/mol. The molecule has 1 saturated carbocycles. The molecule has 0 bridgehead atoms. The highest BCUT2D eigenvalue weighted by Gasteiger charge is 2.47. The van der Waals surface area contributed by atoms with Crippen molar-refractivity contribution in [1.82, 2.24) is 4.90 Å². The van der Waals surface area contributed by atoms with Crippen molar-refractivity contribution >= 4 is 17.5 Å². The Kier molecular flexibility index (Phi) is 3.61. The van der Waals surface area contributed by atoms with Gasteiger partial charge in [-0.3, -0.25) is 4.79 Å². The summed E-state index contributed by atoms with van der Waals surface area (Å²) < 4.78 is 10.7. The Morgan fingerprint density at radius 1 is 1.45 bits per heavy atom. The van der Waals surface area contributed by atoms with Crippen LogP contribution in [-0.4, -0.2) is 43.2 Å². The zero-order valence-electron chi connectivity index (χ0n) is 11.5. The first-order chi connectivity index (χ1) is 9.66. The van der Waals surface area contributed by atoms with Gasteiger partial charge in [-0.15, -0.1) is 0 Å². The maximum atomic E-state index is 12.7. The molecule has 4 nitrogen and oxygen atoms in total. The van der Waals surface area contributed by atoms with Crippen molar-refractivity contribution in [2.75, 3.05) is 26.9 Å². The van der Waals surface area contributed by atoms with Gasteiger partial charge in [0.1, 0.15) is 5.75 Å². The molecule has 0 N–H and O–H groups in total. The molecule has 0 aromatic heterocycles. The van der Waals surface area contributed by atoms with Gasteiger partial charge in [-0.05, 0) is 37.5 Å². The highest BCUT2D eigenvalue weighted by atomic mass is 35.5. The van der Waals surface area contributed by atoms with Crippen molar-refractivity contribution in [1.29, 1.82) is 0 Å². The number of morpholine rings is 1. The Morgan fingerprint density at radius 3 is 2.85 bits per heavy atom. The normalized spacial score (nSPS) is 20.6. The van der Waals surface area contributed by atoms with Crippen molar-refractivity contribution in [2.45, 2.75) is 24.8 Å². The van der Waals surface area contributed by atoms with Crippen LogP contribution in [0.2, 0.25) is 5.02 Å². The van der Waals surface area contributed by atoms with E-state index in [1.54, 1.807) is 25.3 Å². The average molecular weight is 296 g/mol. The van der Waals surface area contributed by atoms with E-state index in [0.717, 1.165) is 19.3 Å². The molecule has 1 heterocycles. The van der Waals surface area contributed by atoms with Crippen LogP contribution < -0.4 is 4.74 Å². The highest BCUT2D eigenvalue weighted by molar-refractivity contribution is 6.32. The summed E-state index contributed by atoms with van der Waals surface area (Å²) in [4.78, 5) is 14.7. The molecule has 1 aromatic rings. The summed E-state index contributed by atoms with van der Waals surface area (Å²) in [6, 6.07) is 5.20. The minimum absolute atomic E-state index is 0.0394. The Labute approximate surface area is 123 Å². The van der Waals surface area contributed by atoms with E-state index in [1.165, 1.54) is 0 Å². The van der Waals surface area contributed by atoms with E-state index in [4.69, 9.17) is 21.1 Å². The molecule has 0 radical (unpaired) electrons. The third kappa shape index (κ3) is 2.17. The number of hydrogen-bond acceptors (Lipinski definition) is 3. The van der Waals surface area contributed by atoms with Gasteiger partial charge < -0.3 is 14.4 Å². The number of ether oxygens (including phenoxy) is 2. The number of benzene rings is 1. The Balaban J connectivity index is 1.86. The molecule has 0 unspecified atom stereocenters. The summed E-state index contributed by atoms with van der Waals surface area (Å²) in [5, 5.41) is 0.467. The molecule has 5 heteroatoms. The molecule has 1 saturated heterocycles. The highest BCUT2D eigenvalue weighted by Crippen LogP contribution is 2.40. The van der Waals surface area contributed by atoms with E-state index >= 15 is 0 Å². The lowest BCUT2D eigenvalue weighted by molar-refractivity contribution is -0.0877. The minimum atomic E-state index is -0.0816. The van der Waals surface area contributed by atoms with Gasteiger partial charge in [0.05, 0.1) is 30.9 Å². The standard InChI is InChI=1S/C15H18ClNO3/c1-19-13-4-3-11(9-12(13)16)14(18)17-7-8-20-10-15(17)5-2-6-15/h3-4,9H,2,5-8,10H2,1H3. The second kappa shape index (κ2) is 5.26. The zero-order valence-corrected chi connectivity index (χ0v) is 12.3. The van der Waals surface area contributed by atoms with Gasteiger partial charge in [-0.1, -0.05) is 11.6 Å². The lowest BCUT2D eigenvalue weighted by Gasteiger charge is -2.52. The van der Waals surface area contributed by atoms with Crippen molar-refractivity contribution < 1.29 is 14.3 Å². The number of hydrogen-bond donors (Lipinski definition) is 0. The van der Waals surface area contributed by atoms with Gasteiger partial charge in [0.25, 0.3) is 5.91 Å². The van der Waals surface area contributed by atoms with Gasteiger partial charge in [-0.2, -0.15) is 0 Å². The fraction of sp³-hybridized carbons (Fsp3) is 0.533. The second-order valence-corrected chi connectivity index (χ2v) is 5.84. The lowest BCUT2D eigenvalue weighted by Crippen LogP contribution is -2.62. The summed E-state index contributed by atoms with van der Waals surface area (Å²) >= 11 is 6.11. The number of carbonyl (C=O) groups excluding carboxylic acids is 1. The van der Waals surface area contributed by atoms with E-state index in [2.05, 4.69) is 0 Å². The van der Waals surface area contributed by atoms with Crippen molar-refractivity contribution in [3.63, 3.8) is 0 Å². The second-order valence-electron chi connectivity index (χ2n) is 5.44. The molecule has 1 aromatic carbocycles. The molecule has 108 valence electrons. The number of methoxy groups -OCH3 is 1. The Morgan fingerprint density at radius 2 is 2.25 bits per heavy atom. The van der Waals surface area contributed by atoms with Gasteiger partial charge in [0.15, 0.2) is 0 Å². The number of amides is 1. The number of carbonyl (C=O) groups is 1. The van der Waals surface area contributed by atoms with Crippen molar-refractivity contribution in [2.24, 2.45) is 0 Å². The topological polar surface area (TPSA) is 38.8 Å². The monoisotopic (exact) mass is 295 g/mol. The van der Waals surface area contributed by atoms with Crippen molar-refractivity contribution in [3.05, 3.63) is 28.8 Å². The van der Waals surface area contributed by atoms with E-state index < -0.39 is 0 Å². The molecular weight excluding hydrogens is 278 g/mol. The van der Waals surface area contributed by atoms with Crippen LogP contribution in [-0.2, 0) is 4.74 Å². The van der Waals surface area contributed by atoms with Gasteiger partial charge in [0, 0.05) is 12.1 Å². The molecule has 1 amide bonds. The van der Waals surface area contributed by atoms with Crippen LogP contribution in [0, 0.1) is 0 Å². The van der Waals surface area contributed by atoms with Crippen molar-refractivity contribution in [3.8, 4) is 5.75 Å². The minimum Gasteiger partial charge on any atom is -0.495 e. The zero-order chi connectivity index (χ0) is 14.2. The van der Waals surface area contributed by atoms with Gasteiger partial charge in [-0.25, -0.2) is 0 Å².